The maximum atomic E-state index is 10.6. The normalized spacial score (nSPS) is 11.9. The van der Waals surface area contributed by atoms with Gasteiger partial charge in [-0.2, -0.15) is 0 Å². The van der Waals surface area contributed by atoms with Gasteiger partial charge in [0, 0.05) is 12.5 Å². The minimum absolute atomic E-state index is 0.247. The molecule has 3 nitrogen and oxygen atoms in total. The van der Waals surface area contributed by atoms with E-state index < -0.39 is 0 Å². The number of allylic oxidation sites excluding steroid dienone is 1. The maximum Gasteiger partial charge on any atom is 0.246 e. The average Bonchev–Trinajstić information content (AvgIpc) is 2.26. The largest absolute Gasteiger partial charge is 0.259 e. The first-order valence-corrected chi connectivity index (χ1v) is 5.49. The van der Waals surface area contributed by atoms with Crippen molar-refractivity contribution < 1.29 is 4.92 Å². The van der Waals surface area contributed by atoms with Gasteiger partial charge in [-0.25, -0.2) is 0 Å². The highest BCUT2D eigenvalue weighted by Crippen LogP contribution is 2.17. The lowest BCUT2D eigenvalue weighted by Crippen LogP contribution is -1.96. The van der Waals surface area contributed by atoms with Crippen LogP contribution in [0.1, 0.15) is 44.2 Å². The molecule has 1 aromatic rings. The summed E-state index contributed by atoms with van der Waals surface area (Å²) in [5, 5.41) is 10.6. The summed E-state index contributed by atoms with van der Waals surface area (Å²) in [6, 6.07) is 7.89. The van der Waals surface area contributed by atoms with Gasteiger partial charge in [0.25, 0.3) is 0 Å². The molecule has 0 unspecified atom stereocenters. The third-order valence-electron chi connectivity index (χ3n) is 2.53. The summed E-state index contributed by atoms with van der Waals surface area (Å²) in [4.78, 5) is 10.3. The van der Waals surface area contributed by atoms with Crippen LogP contribution in [0, 0.1) is 10.1 Å². The zero-order chi connectivity index (χ0) is 12.1. The number of nitro groups is 1. The summed E-state index contributed by atoms with van der Waals surface area (Å²) in [5.41, 5.74) is 2.38. The predicted molar refractivity (Wildman–Crippen MR) is 65.8 cm³/mol. The standard InChI is InChI=1S/C13H17NO2/c1-4-13(14(15)16)9-11-5-7-12(8-6-11)10(2)3/h5-10H,4H2,1-3H3. The van der Waals surface area contributed by atoms with Crippen LogP contribution >= 0.6 is 0 Å². The molecular weight excluding hydrogens is 202 g/mol. The van der Waals surface area contributed by atoms with Gasteiger partial charge in [-0.1, -0.05) is 45.0 Å². The molecule has 1 aromatic carbocycles. The van der Waals surface area contributed by atoms with Gasteiger partial charge in [-0.05, 0) is 17.0 Å². The van der Waals surface area contributed by atoms with Crippen LogP contribution in [-0.2, 0) is 0 Å². The third kappa shape index (κ3) is 3.19. The van der Waals surface area contributed by atoms with E-state index in [1.54, 1.807) is 13.0 Å². The summed E-state index contributed by atoms with van der Waals surface area (Å²) >= 11 is 0. The van der Waals surface area contributed by atoms with E-state index in [0.29, 0.717) is 12.3 Å². The number of hydrogen-bond donors (Lipinski definition) is 0. The van der Waals surface area contributed by atoms with Crippen LogP contribution in [0.3, 0.4) is 0 Å². The lowest BCUT2D eigenvalue weighted by molar-refractivity contribution is -0.425. The van der Waals surface area contributed by atoms with Crippen molar-refractivity contribution in [2.45, 2.75) is 33.1 Å². The maximum absolute atomic E-state index is 10.6. The molecule has 0 fully saturated rings. The van der Waals surface area contributed by atoms with Gasteiger partial charge in [0.05, 0.1) is 4.92 Å². The van der Waals surface area contributed by atoms with Crippen molar-refractivity contribution in [2.75, 3.05) is 0 Å². The van der Waals surface area contributed by atoms with E-state index in [1.807, 2.05) is 24.3 Å². The lowest BCUT2D eigenvalue weighted by Gasteiger charge is -2.04. The highest BCUT2D eigenvalue weighted by Gasteiger charge is 2.07. The molecule has 0 aliphatic rings. The molecule has 0 saturated heterocycles. The Kier molecular flexibility index (Phi) is 4.23. The summed E-state index contributed by atoms with van der Waals surface area (Å²) < 4.78 is 0. The van der Waals surface area contributed by atoms with E-state index in [1.165, 1.54) is 5.56 Å². The minimum Gasteiger partial charge on any atom is -0.259 e. The lowest BCUT2D eigenvalue weighted by atomic mass is 10.0. The second kappa shape index (κ2) is 5.45. The van der Waals surface area contributed by atoms with Crippen molar-refractivity contribution in [3.05, 3.63) is 51.2 Å². The van der Waals surface area contributed by atoms with Gasteiger partial charge < -0.3 is 0 Å². The molecule has 0 aromatic heterocycles. The fourth-order valence-electron chi connectivity index (χ4n) is 1.45. The van der Waals surface area contributed by atoms with E-state index >= 15 is 0 Å². The predicted octanol–water partition coefficient (Wildman–Crippen LogP) is 3.84. The summed E-state index contributed by atoms with van der Waals surface area (Å²) in [5.74, 6) is 0.485. The number of benzene rings is 1. The zero-order valence-corrected chi connectivity index (χ0v) is 9.93. The van der Waals surface area contributed by atoms with Crippen molar-refractivity contribution >= 4 is 6.08 Å². The van der Waals surface area contributed by atoms with Crippen LogP contribution in [0.5, 0.6) is 0 Å². The third-order valence-corrected chi connectivity index (χ3v) is 2.53. The van der Waals surface area contributed by atoms with Gasteiger partial charge in [-0.3, -0.25) is 10.1 Å². The molecule has 16 heavy (non-hydrogen) atoms. The zero-order valence-electron chi connectivity index (χ0n) is 9.93. The first-order chi connectivity index (χ1) is 7.54. The molecule has 0 spiro atoms. The van der Waals surface area contributed by atoms with E-state index in [4.69, 9.17) is 0 Å². The first-order valence-electron chi connectivity index (χ1n) is 5.49. The van der Waals surface area contributed by atoms with Crippen LogP contribution in [0.4, 0.5) is 0 Å². The van der Waals surface area contributed by atoms with Crippen molar-refractivity contribution in [1.82, 2.24) is 0 Å². The van der Waals surface area contributed by atoms with Crippen molar-refractivity contribution in [3.63, 3.8) is 0 Å². The molecule has 0 heterocycles. The Labute approximate surface area is 95.9 Å². The summed E-state index contributed by atoms with van der Waals surface area (Å²) in [6.45, 7) is 6.04. The molecule has 3 heteroatoms. The molecule has 0 aliphatic carbocycles. The molecule has 0 aliphatic heterocycles. The molecular formula is C13H17NO2. The molecule has 0 radical (unpaired) electrons. The van der Waals surface area contributed by atoms with E-state index in [2.05, 4.69) is 13.8 Å². The molecule has 0 atom stereocenters. The van der Waals surface area contributed by atoms with Crippen molar-refractivity contribution in [3.8, 4) is 0 Å². The van der Waals surface area contributed by atoms with Crippen LogP contribution in [0.2, 0.25) is 0 Å². The Hall–Kier alpha value is -1.64. The van der Waals surface area contributed by atoms with Gasteiger partial charge in [0.1, 0.15) is 0 Å². The summed E-state index contributed by atoms with van der Waals surface area (Å²) in [6.07, 6.45) is 2.07. The molecule has 1 rings (SSSR count). The van der Waals surface area contributed by atoms with Crippen LogP contribution in [0.15, 0.2) is 30.0 Å². The highest BCUT2D eigenvalue weighted by atomic mass is 16.6. The first kappa shape index (κ1) is 12.4. The second-order valence-corrected chi connectivity index (χ2v) is 4.07. The molecule has 0 saturated carbocycles. The Bertz CT molecular complexity index is 391. The molecule has 0 N–H and O–H groups in total. The molecule has 0 bridgehead atoms. The Morgan fingerprint density at radius 3 is 2.31 bits per heavy atom. The van der Waals surface area contributed by atoms with E-state index in [-0.39, 0.29) is 10.6 Å². The van der Waals surface area contributed by atoms with Gasteiger partial charge in [-0.15, -0.1) is 0 Å². The van der Waals surface area contributed by atoms with Crippen LogP contribution in [-0.4, -0.2) is 4.92 Å². The summed E-state index contributed by atoms with van der Waals surface area (Å²) in [7, 11) is 0. The fraction of sp³-hybridized carbons (Fsp3) is 0.385. The number of nitrogens with zero attached hydrogens (tertiary/aromatic N) is 1. The smallest absolute Gasteiger partial charge is 0.246 e. The van der Waals surface area contributed by atoms with Gasteiger partial charge in [0.15, 0.2) is 0 Å². The van der Waals surface area contributed by atoms with Gasteiger partial charge >= 0.3 is 0 Å². The quantitative estimate of drug-likeness (QED) is 0.570. The second-order valence-electron chi connectivity index (χ2n) is 4.07. The Morgan fingerprint density at radius 2 is 1.94 bits per heavy atom. The molecule has 86 valence electrons. The number of rotatable bonds is 4. The molecule has 0 amide bonds. The average molecular weight is 219 g/mol. The topological polar surface area (TPSA) is 43.1 Å². The van der Waals surface area contributed by atoms with Crippen LogP contribution in [0.25, 0.3) is 6.08 Å². The van der Waals surface area contributed by atoms with Gasteiger partial charge in [0.2, 0.25) is 5.70 Å². The Morgan fingerprint density at radius 1 is 1.38 bits per heavy atom. The van der Waals surface area contributed by atoms with Crippen molar-refractivity contribution in [1.29, 1.82) is 0 Å². The fourth-order valence-corrected chi connectivity index (χ4v) is 1.45. The Balaban J connectivity index is 2.94. The van der Waals surface area contributed by atoms with Crippen molar-refractivity contribution in [2.24, 2.45) is 0 Å². The van der Waals surface area contributed by atoms with Crippen LogP contribution < -0.4 is 0 Å². The number of hydrogen-bond acceptors (Lipinski definition) is 2. The monoisotopic (exact) mass is 219 g/mol. The SMILES string of the molecule is CCC(=Cc1ccc(C(C)C)cc1)[N+](=O)[O-]. The minimum atomic E-state index is -0.323. The van der Waals surface area contributed by atoms with E-state index in [0.717, 1.165) is 5.56 Å². The highest BCUT2D eigenvalue weighted by molar-refractivity contribution is 5.51. The van der Waals surface area contributed by atoms with E-state index in [9.17, 15) is 10.1 Å².